The maximum atomic E-state index is 12.7. The number of aliphatic hydroxyl groups is 1. The largest absolute Gasteiger partial charge is 0.480 e. The number of nitrogens with one attached hydrogen (secondary N) is 1. The summed E-state index contributed by atoms with van der Waals surface area (Å²) in [5.74, 6) is -1.31. The fraction of sp³-hybridized carbons (Fsp3) is 0.882. The molecule has 1 saturated heterocycles. The Balaban J connectivity index is 2.83. The Morgan fingerprint density at radius 1 is 1.38 bits per heavy atom. The lowest BCUT2D eigenvalue weighted by molar-refractivity contribution is -0.143. The molecule has 1 fully saturated rings. The van der Waals surface area contributed by atoms with E-state index in [1.807, 2.05) is 34.6 Å². The number of aliphatic hydroxyl groups excluding tert-OH is 1. The summed E-state index contributed by atoms with van der Waals surface area (Å²) in [6, 6.07) is -1.95. The number of hydrogen-bond acceptors (Lipinski definition) is 5. The number of carboxylic acid groups (broad SMARTS) is 1. The molecule has 0 radical (unpaired) electrons. The van der Waals surface area contributed by atoms with Gasteiger partial charge in [-0.25, -0.2) is 0 Å². The minimum atomic E-state index is -1.08. The molecule has 0 aromatic heterocycles. The number of likely N-dealkylation sites (tertiary alicyclic amines) is 1. The molecule has 0 saturated carbocycles. The number of carbonyl (C=O) groups excluding carboxylic acids is 1. The molecule has 1 heterocycles. The Kier molecular flexibility index (Phi) is 7.19. The lowest BCUT2D eigenvalue weighted by Gasteiger charge is -2.36. The standard InChI is InChI=1S/C17H33N3O4/c1-6-10(2)12(16(23)24)19-14(21)11-8-7-9-20(11)15(22)13(18)17(3,4)5/h10-14,19,21H,6-9,18H2,1-5H3,(H,23,24)/t10-,11-,12-,13+,14+/m0/s1. The molecule has 0 aromatic rings. The van der Waals surface area contributed by atoms with Gasteiger partial charge in [0, 0.05) is 6.54 Å². The van der Waals surface area contributed by atoms with Gasteiger partial charge in [0.05, 0.1) is 12.1 Å². The minimum absolute atomic E-state index is 0.125. The van der Waals surface area contributed by atoms with Gasteiger partial charge in [-0.15, -0.1) is 0 Å². The van der Waals surface area contributed by atoms with Crippen molar-refractivity contribution in [2.75, 3.05) is 6.54 Å². The number of nitrogens with zero attached hydrogens (tertiary/aromatic N) is 1. The van der Waals surface area contributed by atoms with Crippen molar-refractivity contribution in [3.63, 3.8) is 0 Å². The first-order valence-corrected chi connectivity index (χ1v) is 8.73. The van der Waals surface area contributed by atoms with Crippen molar-refractivity contribution in [1.29, 1.82) is 0 Å². The van der Waals surface area contributed by atoms with Crippen LogP contribution in [0.25, 0.3) is 0 Å². The quantitative estimate of drug-likeness (QED) is 0.507. The molecule has 7 nitrogen and oxygen atoms in total. The van der Waals surface area contributed by atoms with Crippen LogP contribution in [-0.2, 0) is 9.59 Å². The molecule has 5 atom stereocenters. The predicted molar refractivity (Wildman–Crippen MR) is 92.2 cm³/mol. The van der Waals surface area contributed by atoms with Crippen LogP contribution in [0.4, 0.5) is 0 Å². The summed E-state index contributed by atoms with van der Waals surface area (Å²) < 4.78 is 0. The molecule has 1 aliphatic rings. The molecule has 1 aliphatic heterocycles. The second-order valence-corrected chi connectivity index (χ2v) is 7.90. The normalized spacial score (nSPS) is 23.6. The summed E-state index contributed by atoms with van der Waals surface area (Å²) in [4.78, 5) is 25.7. The van der Waals surface area contributed by atoms with Gasteiger partial charge in [-0.1, -0.05) is 41.0 Å². The van der Waals surface area contributed by atoms with Crippen LogP contribution < -0.4 is 11.1 Å². The van der Waals surface area contributed by atoms with Gasteiger partial charge in [-0.2, -0.15) is 0 Å². The van der Waals surface area contributed by atoms with E-state index < -0.39 is 30.3 Å². The predicted octanol–water partition coefficient (Wildman–Crippen LogP) is 0.758. The molecule has 24 heavy (non-hydrogen) atoms. The molecule has 1 rings (SSSR count). The molecule has 7 heteroatoms. The molecule has 5 N–H and O–H groups in total. The van der Waals surface area contributed by atoms with Crippen LogP contribution >= 0.6 is 0 Å². The van der Waals surface area contributed by atoms with E-state index in [2.05, 4.69) is 5.32 Å². The van der Waals surface area contributed by atoms with Crippen LogP contribution in [0.15, 0.2) is 0 Å². The number of amides is 1. The minimum Gasteiger partial charge on any atom is -0.480 e. The summed E-state index contributed by atoms with van der Waals surface area (Å²) in [6.07, 6.45) is 0.994. The SMILES string of the molecule is CC[C@H](C)[C@H](N[C@H](O)[C@@H]1CCCN1C(=O)[C@@H](N)C(C)(C)C)C(=O)O. The van der Waals surface area contributed by atoms with E-state index in [0.29, 0.717) is 19.4 Å². The summed E-state index contributed by atoms with van der Waals surface area (Å²) >= 11 is 0. The van der Waals surface area contributed by atoms with Gasteiger partial charge >= 0.3 is 5.97 Å². The highest BCUT2D eigenvalue weighted by atomic mass is 16.4. The van der Waals surface area contributed by atoms with Crippen LogP contribution in [0.1, 0.15) is 53.9 Å². The Labute approximate surface area is 144 Å². The van der Waals surface area contributed by atoms with E-state index >= 15 is 0 Å². The number of aliphatic carboxylic acids is 1. The van der Waals surface area contributed by atoms with E-state index in [1.54, 1.807) is 4.90 Å². The molecule has 1 amide bonds. The molecular formula is C17H33N3O4. The summed E-state index contributed by atoms with van der Waals surface area (Å²) in [5.41, 5.74) is 5.70. The number of carbonyl (C=O) groups is 2. The van der Waals surface area contributed by atoms with Crippen molar-refractivity contribution < 1.29 is 19.8 Å². The number of hydrogen-bond donors (Lipinski definition) is 4. The Morgan fingerprint density at radius 2 is 1.96 bits per heavy atom. The van der Waals surface area contributed by atoms with Crippen molar-refractivity contribution >= 4 is 11.9 Å². The lowest BCUT2D eigenvalue weighted by Crippen LogP contribution is -2.58. The van der Waals surface area contributed by atoms with E-state index in [9.17, 15) is 19.8 Å². The average Bonchev–Trinajstić information content (AvgIpc) is 2.98. The monoisotopic (exact) mass is 343 g/mol. The van der Waals surface area contributed by atoms with Crippen molar-refractivity contribution in [1.82, 2.24) is 10.2 Å². The summed E-state index contributed by atoms with van der Waals surface area (Å²) in [6.45, 7) is 9.97. The Hall–Kier alpha value is -1.18. The van der Waals surface area contributed by atoms with Gasteiger partial charge in [0.25, 0.3) is 0 Å². The van der Waals surface area contributed by atoms with Crippen molar-refractivity contribution in [2.24, 2.45) is 17.1 Å². The van der Waals surface area contributed by atoms with E-state index in [1.165, 1.54) is 0 Å². The highest BCUT2D eigenvalue weighted by Crippen LogP contribution is 2.25. The zero-order chi connectivity index (χ0) is 18.7. The van der Waals surface area contributed by atoms with Crippen LogP contribution in [0, 0.1) is 11.3 Å². The first-order chi connectivity index (χ1) is 11.0. The third-order valence-corrected chi connectivity index (χ3v) is 4.98. The maximum absolute atomic E-state index is 12.7. The van der Waals surface area contributed by atoms with Crippen LogP contribution in [0.2, 0.25) is 0 Å². The van der Waals surface area contributed by atoms with Crippen LogP contribution in [0.5, 0.6) is 0 Å². The summed E-state index contributed by atoms with van der Waals surface area (Å²) in [5, 5.41) is 22.7. The molecule has 0 aliphatic carbocycles. The zero-order valence-corrected chi connectivity index (χ0v) is 15.5. The highest BCUT2D eigenvalue weighted by molar-refractivity contribution is 5.83. The summed E-state index contributed by atoms with van der Waals surface area (Å²) in [7, 11) is 0. The molecule has 140 valence electrons. The first-order valence-electron chi connectivity index (χ1n) is 8.73. The van der Waals surface area contributed by atoms with Crippen molar-refractivity contribution in [2.45, 2.75) is 78.2 Å². The highest BCUT2D eigenvalue weighted by Gasteiger charge is 2.40. The van der Waals surface area contributed by atoms with Gasteiger partial charge < -0.3 is 20.8 Å². The van der Waals surface area contributed by atoms with E-state index in [0.717, 1.165) is 6.42 Å². The van der Waals surface area contributed by atoms with Crippen molar-refractivity contribution in [3.8, 4) is 0 Å². The maximum Gasteiger partial charge on any atom is 0.321 e. The van der Waals surface area contributed by atoms with Gasteiger partial charge in [0.15, 0.2) is 0 Å². The smallest absolute Gasteiger partial charge is 0.321 e. The van der Waals surface area contributed by atoms with Crippen molar-refractivity contribution in [3.05, 3.63) is 0 Å². The van der Waals surface area contributed by atoms with E-state index in [-0.39, 0.29) is 17.2 Å². The topological polar surface area (TPSA) is 116 Å². The number of rotatable bonds is 7. The molecule has 0 spiro atoms. The Bertz CT molecular complexity index is 450. The fourth-order valence-electron chi connectivity index (χ4n) is 2.95. The zero-order valence-electron chi connectivity index (χ0n) is 15.5. The molecule has 0 aromatic carbocycles. The second-order valence-electron chi connectivity index (χ2n) is 7.90. The third kappa shape index (κ3) is 4.91. The molecule has 0 bridgehead atoms. The average molecular weight is 343 g/mol. The lowest BCUT2D eigenvalue weighted by atomic mass is 9.86. The number of carboxylic acids is 1. The van der Waals surface area contributed by atoms with E-state index in [4.69, 9.17) is 5.73 Å². The molecule has 0 unspecified atom stereocenters. The van der Waals surface area contributed by atoms with Gasteiger partial charge in [0.1, 0.15) is 12.3 Å². The fourth-order valence-corrected chi connectivity index (χ4v) is 2.95. The Morgan fingerprint density at radius 3 is 2.42 bits per heavy atom. The van der Waals surface area contributed by atoms with Crippen LogP contribution in [0.3, 0.4) is 0 Å². The van der Waals surface area contributed by atoms with Gasteiger partial charge in [-0.05, 0) is 24.2 Å². The first kappa shape index (κ1) is 20.9. The van der Waals surface area contributed by atoms with Gasteiger partial charge in [-0.3, -0.25) is 14.9 Å². The van der Waals surface area contributed by atoms with Crippen LogP contribution in [-0.4, -0.2) is 57.9 Å². The number of nitrogens with two attached hydrogens (primary N) is 1. The molecular weight excluding hydrogens is 310 g/mol. The van der Waals surface area contributed by atoms with Gasteiger partial charge in [0.2, 0.25) is 5.91 Å². The second kappa shape index (κ2) is 8.27. The third-order valence-electron chi connectivity index (χ3n) is 4.98.